The summed E-state index contributed by atoms with van der Waals surface area (Å²) in [6, 6.07) is 13.4. The van der Waals surface area contributed by atoms with Gasteiger partial charge in [0.25, 0.3) is 0 Å². The molecule has 0 aromatic heterocycles. The van der Waals surface area contributed by atoms with E-state index in [4.69, 9.17) is 16.6 Å². The zero-order valence-corrected chi connectivity index (χ0v) is 10.8. The largest absolute Gasteiger partial charge is 0.399 e. The van der Waals surface area contributed by atoms with Crippen molar-refractivity contribution in [3.63, 3.8) is 0 Å². The Hall–Kier alpha value is -2.20. The quantitative estimate of drug-likeness (QED) is 0.617. The van der Waals surface area contributed by atoms with Crippen LogP contribution in [0.1, 0.15) is 11.1 Å². The molecule has 0 saturated carbocycles. The first-order valence-corrected chi connectivity index (χ1v) is 6.26. The summed E-state index contributed by atoms with van der Waals surface area (Å²) in [5, 5.41) is 12.4. The predicted molar refractivity (Wildman–Crippen MR) is 79.8 cm³/mol. The molecule has 0 bridgehead atoms. The number of nitrogens with two attached hydrogens (primary N) is 2. The molecule has 0 atom stereocenters. The van der Waals surface area contributed by atoms with Crippen LogP contribution in [0.15, 0.2) is 42.5 Å². The predicted octanol–water partition coefficient (Wildman–Crippen LogP) is 2.00. The summed E-state index contributed by atoms with van der Waals surface area (Å²) < 4.78 is 0. The van der Waals surface area contributed by atoms with Gasteiger partial charge >= 0.3 is 0 Å². The summed E-state index contributed by atoms with van der Waals surface area (Å²) in [6.07, 6.45) is 0.592. The Morgan fingerprint density at radius 2 is 1.63 bits per heavy atom. The van der Waals surface area contributed by atoms with Crippen LogP contribution in [-0.4, -0.2) is 11.7 Å². The van der Waals surface area contributed by atoms with Crippen molar-refractivity contribution >= 4 is 17.1 Å². The van der Waals surface area contributed by atoms with Crippen molar-refractivity contribution in [1.82, 2.24) is 0 Å². The molecule has 0 fully saturated rings. The fraction of sp³-hybridized carbons (Fsp3) is 0.200. The molecule has 0 unspecified atom stereocenters. The van der Waals surface area contributed by atoms with E-state index in [1.54, 1.807) is 0 Å². The molecule has 100 valence electrons. The third kappa shape index (κ3) is 3.63. The number of rotatable bonds is 5. The van der Waals surface area contributed by atoms with E-state index in [1.807, 2.05) is 42.5 Å². The van der Waals surface area contributed by atoms with E-state index in [2.05, 4.69) is 5.32 Å². The molecule has 0 aliphatic rings. The zero-order valence-electron chi connectivity index (χ0n) is 10.8. The van der Waals surface area contributed by atoms with Crippen LogP contribution in [0.4, 0.5) is 17.1 Å². The van der Waals surface area contributed by atoms with Crippen LogP contribution in [0.5, 0.6) is 0 Å². The lowest BCUT2D eigenvalue weighted by Gasteiger charge is -2.12. The first-order chi connectivity index (χ1) is 9.19. The number of nitrogen functional groups attached to an aromatic ring is 2. The molecule has 6 N–H and O–H groups in total. The molecule has 0 heterocycles. The maximum absolute atomic E-state index is 9.07. The van der Waals surface area contributed by atoms with Gasteiger partial charge in [-0.2, -0.15) is 0 Å². The minimum absolute atomic E-state index is 0.111. The van der Waals surface area contributed by atoms with Crippen molar-refractivity contribution in [3.8, 4) is 0 Å². The second-order valence-electron chi connectivity index (χ2n) is 4.49. The van der Waals surface area contributed by atoms with E-state index >= 15 is 0 Å². The van der Waals surface area contributed by atoms with Crippen LogP contribution in [-0.2, 0) is 13.0 Å². The molecule has 4 heteroatoms. The number of aliphatic hydroxyl groups excluding tert-OH is 1. The van der Waals surface area contributed by atoms with Gasteiger partial charge in [0.05, 0.1) is 0 Å². The summed E-state index contributed by atoms with van der Waals surface area (Å²) in [5.74, 6) is 0. The highest BCUT2D eigenvalue weighted by Gasteiger charge is 2.03. The van der Waals surface area contributed by atoms with Gasteiger partial charge < -0.3 is 21.9 Å². The van der Waals surface area contributed by atoms with Crippen LogP contribution < -0.4 is 16.8 Å². The first-order valence-electron chi connectivity index (χ1n) is 6.26. The maximum Gasteiger partial charge on any atom is 0.0472 e. The molecule has 0 radical (unpaired) electrons. The fourth-order valence-corrected chi connectivity index (χ4v) is 1.95. The Morgan fingerprint density at radius 3 is 2.32 bits per heavy atom. The van der Waals surface area contributed by atoms with Crippen LogP contribution >= 0.6 is 0 Å². The van der Waals surface area contributed by atoms with Gasteiger partial charge in [0.15, 0.2) is 0 Å². The van der Waals surface area contributed by atoms with Crippen molar-refractivity contribution in [2.45, 2.75) is 13.0 Å². The van der Waals surface area contributed by atoms with E-state index in [0.29, 0.717) is 18.7 Å². The molecule has 0 amide bonds. The van der Waals surface area contributed by atoms with Gasteiger partial charge in [-0.1, -0.05) is 12.1 Å². The summed E-state index contributed by atoms with van der Waals surface area (Å²) in [6.45, 7) is 0.822. The number of aliphatic hydroxyl groups is 1. The molecule has 2 aromatic rings. The number of nitrogens with one attached hydrogen (secondary N) is 1. The zero-order chi connectivity index (χ0) is 13.7. The van der Waals surface area contributed by atoms with Crippen molar-refractivity contribution < 1.29 is 5.11 Å². The Kier molecular flexibility index (Phi) is 4.26. The van der Waals surface area contributed by atoms with Gasteiger partial charge in [0.2, 0.25) is 0 Å². The molecule has 0 spiro atoms. The standard InChI is InChI=1S/C15H19N3O/c16-13-3-1-11(2-4-13)10-18-15-6-5-14(17)9-12(15)7-8-19/h1-6,9,18-19H,7-8,10,16-17H2. The second-order valence-corrected chi connectivity index (χ2v) is 4.49. The molecule has 0 saturated heterocycles. The van der Waals surface area contributed by atoms with E-state index in [0.717, 1.165) is 22.5 Å². The fourth-order valence-electron chi connectivity index (χ4n) is 1.95. The van der Waals surface area contributed by atoms with Gasteiger partial charge in [-0.3, -0.25) is 0 Å². The molecule has 4 nitrogen and oxygen atoms in total. The Bertz CT molecular complexity index is 538. The van der Waals surface area contributed by atoms with E-state index in [9.17, 15) is 0 Å². The van der Waals surface area contributed by atoms with E-state index in [-0.39, 0.29) is 6.61 Å². The van der Waals surface area contributed by atoms with Gasteiger partial charge in [-0.25, -0.2) is 0 Å². The number of anilines is 3. The Morgan fingerprint density at radius 1 is 0.947 bits per heavy atom. The number of hydrogen-bond donors (Lipinski definition) is 4. The molecule has 0 aliphatic carbocycles. The highest BCUT2D eigenvalue weighted by molar-refractivity contribution is 5.58. The molecular formula is C15H19N3O. The van der Waals surface area contributed by atoms with Crippen molar-refractivity contribution in [3.05, 3.63) is 53.6 Å². The van der Waals surface area contributed by atoms with Crippen molar-refractivity contribution in [1.29, 1.82) is 0 Å². The Labute approximate surface area is 113 Å². The molecule has 0 aliphatic heterocycles. The molecule has 2 rings (SSSR count). The monoisotopic (exact) mass is 257 g/mol. The minimum atomic E-state index is 0.111. The SMILES string of the molecule is Nc1ccc(CNc2ccc(N)cc2CCO)cc1. The average molecular weight is 257 g/mol. The minimum Gasteiger partial charge on any atom is -0.399 e. The van der Waals surface area contributed by atoms with Crippen molar-refractivity contribution in [2.75, 3.05) is 23.4 Å². The third-order valence-electron chi connectivity index (χ3n) is 2.97. The maximum atomic E-state index is 9.07. The molecule has 2 aromatic carbocycles. The highest BCUT2D eigenvalue weighted by atomic mass is 16.2. The number of benzene rings is 2. The van der Waals surface area contributed by atoms with Gasteiger partial charge in [0, 0.05) is 30.2 Å². The second kappa shape index (κ2) is 6.11. The van der Waals surface area contributed by atoms with Crippen LogP contribution in [0.25, 0.3) is 0 Å². The summed E-state index contributed by atoms with van der Waals surface area (Å²) in [4.78, 5) is 0. The number of hydrogen-bond acceptors (Lipinski definition) is 4. The lowest BCUT2D eigenvalue weighted by Crippen LogP contribution is -2.04. The van der Waals surface area contributed by atoms with Crippen LogP contribution in [0.2, 0.25) is 0 Å². The van der Waals surface area contributed by atoms with Crippen molar-refractivity contribution in [2.24, 2.45) is 0 Å². The van der Waals surface area contributed by atoms with Gasteiger partial charge in [-0.05, 0) is 47.9 Å². The normalized spacial score (nSPS) is 10.4. The Balaban J connectivity index is 2.08. The molecule has 19 heavy (non-hydrogen) atoms. The lowest BCUT2D eigenvalue weighted by molar-refractivity contribution is 0.300. The third-order valence-corrected chi connectivity index (χ3v) is 2.97. The topological polar surface area (TPSA) is 84.3 Å². The summed E-state index contributed by atoms with van der Waals surface area (Å²) in [5.41, 5.74) is 16.1. The van der Waals surface area contributed by atoms with E-state index < -0.39 is 0 Å². The van der Waals surface area contributed by atoms with Crippen LogP contribution in [0.3, 0.4) is 0 Å². The first kappa shape index (κ1) is 13.2. The van der Waals surface area contributed by atoms with Gasteiger partial charge in [-0.15, -0.1) is 0 Å². The van der Waals surface area contributed by atoms with Crippen LogP contribution in [0, 0.1) is 0 Å². The summed E-state index contributed by atoms with van der Waals surface area (Å²) >= 11 is 0. The van der Waals surface area contributed by atoms with Gasteiger partial charge in [0.1, 0.15) is 0 Å². The highest BCUT2D eigenvalue weighted by Crippen LogP contribution is 2.20. The molecular weight excluding hydrogens is 238 g/mol. The lowest BCUT2D eigenvalue weighted by atomic mass is 10.1. The smallest absolute Gasteiger partial charge is 0.0472 e. The van der Waals surface area contributed by atoms with E-state index in [1.165, 1.54) is 0 Å². The summed E-state index contributed by atoms with van der Waals surface area (Å²) in [7, 11) is 0. The average Bonchev–Trinajstić information content (AvgIpc) is 2.40.